The van der Waals surface area contributed by atoms with Gasteiger partial charge < -0.3 is 5.32 Å². The summed E-state index contributed by atoms with van der Waals surface area (Å²) in [5.41, 5.74) is 0. The van der Waals surface area contributed by atoms with Crippen LogP contribution in [0.2, 0.25) is 4.34 Å². The average molecular weight is 352 g/mol. The van der Waals surface area contributed by atoms with Gasteiger partial charge in [0.1, 0.15) is 9.34 Å². The van der Waals surface area contributed by atoms with Gasteiger partial charge in [-0.25, -0.2) is 4.98 Å². The molecule has 2 aromatic rings. The molecule has 0 fully saturated rings. The van der Waals surface area contributed by atoms with Crippen LogP contribution in [-0.4, -0.2) is 4.98 Å². The third-order valence-electron chi connectivity index (χ3n) is 2.29. The highest BCUT2D eigenvalue weighted by molar-refractivity contribution is 9.10. The Morgan fingerprint density at radius 3 is 2.82 bits per heavy atom. The summed E-state index contributed by atoms with van der Waals surface area (Å²) in [6.45, 7) is 5.02. The molecule has 0 saturated heterocycles. The van der Waals surface area contributed by atoms with E-state index in [1.54, 1.807) is 22.7 Å². The monoisotopic (exact) mass is 350 g/mol. The van der Waals surface area contributed by atoms with Crippen molar-refractivity contribution in [1.82, 2.24) is 10.3 Å². The van der Waals surface area contributed by atoms with Crippen LogP contribution in [-0.2, 0) is 6.54 Å². The van der Waals surface area contributed by atoms with E-state index in [2.05, 4.69) is 46.1 Å². The Morgan fingerprint density at radius 2 is 2.29 bits per heavy atom. The van der Waals surface area contributed by atoms with E-state index in [-0.39, 0.29) is 6.04 Å². The average Bonchev–Trinajstić information content (AvgIpc) is 2.83. The predicted molar refractivity (Wildman–Crippen MR) is 79.1 cm³/mol. The molecule has 1 N–H and O–H groups in total. The van der Waals surface area contributed by atoms with Crippen LogP contribution in [0.15, 0.2) is 16.7 Å². The largest absolute Gasteiger partial charge is 0.303 e. The van der Waals surface area contributed by atoms with Crippen molar-refractivity contribution in [3.05, 3.63) is 35.8 Å². The highest BCUT2D eigenvalue weighted by Gasteiger charge is 2.10. The SMILES string of the molecule is Cc1cnc(C(C)NCc2cc(Br)c(Cl)s2)s1. The minimum atomic E-state index is 0.272. The number of thiophene rings is 1. The first kappa shape index (κ1) is 13.5. The van der Waals surface area contributed by atoms with Crippen LogP contribution >= 0.6 is 50.2 Å². The molecule has 6 heteroatoms. The molecule has 0 bridgehead atoms. The number of hydrogen-bond donors (Lipinski definition) is 1. The standard InChI is InChI=1S/C11H12BrClN2S2/c1-6-4-15-11(16-6)7(2)14-5-8-3-9(12)10(13)17-8/h3-4,7,14H,5H2,1-2H3. The van der Waals surface area contributed by atoms with Crippen LogP contribution < -0.4 is 5.32 Å². The number of halogens is 2. The predicted octanol–water partition coefficient (Wildman–Crippen LogP) is 4.78. The Kier molecular flexibility index (Phi) is 4.60. The molecule has 0 aliphatic rings. The summed E-state index contributed by atoms with van der Waals surface area (Å²) in [5.74, 6) is 0. The lowest BCUT2D eigenvalue weighted by molar-refractivity contribution is 0.576. The maximum absolute atomic E-state index is 6.00. The summed E-state index contributed by atoms with van der Waals surface area (Å²) in [6.07, 6.45) is 1.91. The van der Waals surface area contributed by atoms with Gasteiger partial charge in [0.05, 0.1) is 6.04 Å². The molecule has 0 radical (unpaired) electrons. The number of rotatable bonds is 4. The molecule has 0 aromatic carbocycles. The minimum Gasteiger partial charge on any atom is -0.303 e. The molecule has 0 saturated carbocycles. The first-order valence-corrected chi connectivity index (χ1v) is 7.96. The van der Waals surface area contributed by atoms with Crippen molar-refractivity contribution in [2.45, 2.75) is 26.4 Å². The summed E-state index contributed by atoms with van der Waals surface area (Å²) in [5, 5.41) is 4.58. The van der Waals surface area contributed by atoms with Crippen LogP contribution in [0.5, 0.6) is 0 Å². The van der Waals surface area contributed by atoms with Crippen molar-refractivity contribution in [2.75, 3.05) is 0 Å². The van der Waals surface area contributed by atoms with Crippen molar-refractivity contribution in [3.8, 4) is 0 Å². The lowest BCUT2D eigenvalue weighted by atomic mass is 10.3. The van der Waals surface area contributed by atoms with Crippen molar-refractivity contribution >= 4 is 50.2 Å². The molecule has 1 atom stereocenters. The minimum absolute atomic E-state index is 0.272. The van der Waals surface area contributed by atoms with Crippen LogP contribution in [0, 0.1) is 6.92 Å². The van der Waals surface area contributed by atoms with Crippen LogP contribution in [0.25, 0.3) is 0 Å². The van der Waals surface area contributed by atoms with Crippen LogP contribution in [0.1, 0.15) is 27.7 Å². The maximum Gasteiger partial charge on any atom is 0.109 e. The van der Waals surface area contributed by atoms with E-state index in [0.29, 0.717) is 0 Å². The molecule has 2 rings (SSSR count). The second-order valence-corrected chi connectivity index (χ2v) is 7.61. The first-order valence-electron chi connectivity index (χ1n) is 5.15. The lowest BCUT2D eigenvalue weighted by Crippen LogP contribution is -2.17. The molecule has 0 spiro atoms. The normalized spacial score (nSPS) is 12.9. The molecule has 1 unspecified atom stereocenters. The van der Waals surface area contributed by atoms with E-state index in [0.717, 1.165) is 20.4 Å². The molecule has 2 nitrogen and oxygen atoms in total. The van der Waals surface area contributed by atoms with Gasteiger partial charge in [0, 0.05) is 27.0 Å². The Hall–Kier alpha value is 0.0600. The van der Waals surface area contributed by atoms with E-state index < -0.39 is 0 Å². The Balaban J connectivity index is 1.94. The summed E-state index contributed by atoms with van der Waals surface area (Å²) in [4.78, 5) is 6.84. The number of nitrogens with zero attached hydrogens (tertiary/aromatic N) is 1. The van der Waals surface area contributed by atoms with Gasteiger partial charge in [-0.1, -0.05) is 11.6 Å². The zero-order chi connectivity index (χ0) is 12.4. The molecule has 17 heavy (non-hydrogen) atoms. The number of aryl methyl sites for hydroxylation is 1. The van der Waals surface area contributed by atoms with Crippen LogP contribution in [0.4, 0.5) is 0 Å². The molecular weight excluding hydrogens is 340 g/mol. The van der Waals surface area contributed by atoms with Gasteiger partial charge in [-0.2, -0.15) is 0 Å². The third-order valence-corrected chi connectivity index (χ3v) is 5.86. The van der Waals surface area contributed by atoms with E-state index in [1.165, 1.54) is 9.75 Å². The van der Waals surface area contributed by atoms with E-state index in [1.807, 2.05) is 6.20 Å². The van der Waals surface area contributed by atoms with Crippen molar-refractivity contribution < 1.29 is 0 Å². The Labute approximate surface area is 122 Å². The van der Waals surface area contributed by atoms with E-state index in [9.17, 15) is 0 Å². The smallest absolute Gasteiger partial charge is 0.109 e. The van der Waals surface area contributed by atoms with Gasteiger partial charge in [-0.05, 0) is 35.8 Å². The zero-order valence-electron chi connectivity index (χ0n) is 9.46. The molecule has 0 aliphatic heterocycles. The van der Waals surface area contributed by atoms with Gasteiger partial charge in [0.25, 0.3) is 0 Å². The topological polar surface area (TPSA) is 24.9 Å². The first-order chi connectivity index (χ1) is 8.06. The zero-order valence-corrected chi connectivity index (χ0v) is 13.4. The van der Waals surface area contributed by atoms with Gasteiger partial charge >= 0.3 is 0 Å². The van der Waals surface area contributed by atoms with Crippen molar-refractivity contribution in [1.29, 1.82) is 0 Å². The maximum atomic E-state index is 6.00. The van der Waals surface area contributed by atoms with Gasteiger partial charge in [0.15, 0.2) is 0 Å². The summed E-state index contributed by atoms with van der Waals surface area (Å²) in [6, 6.07) is 2.33. The van der Waals surface area contributed by atoms with E-state index >= 15 is 0 Å². The van der Waals surface area contributed by atoms with Crippen LogP contribution in [0.3, 0.4) is 0 Å². The number of thiazole rings is 1. The fourth-order valence-corrected chi connectivity index (χ4v) is 3.93. The highest BCUT2D eigenvalue weighted by atomic mass is 79.9. The third kappa shape index (κ3) is 3.51. The van der Waals surface area contributed by atoms with Gasteiger partial charge in [-0.15, -0.1) is 22.7 Å². The molecule has 92 valence electrons. The second-order valence-electron chi connectivity index (χ2n) is 3.75. The molecule has 0 aliphatic carbocycles. The van der Waals surface area contributed by atoms with Gasteiger partial charge in [-0.3, -0.25) is 0 Å². The summed E-state index contributed by atoms with van der Waals surface area (Å²) < 4.78 is 1.78. The van der Waals surface area contributed by atoms with E-state index in [4.69, 9.17) is 11.6 Å². The fraction of sp³-hybridized carbons (Fsp3) is 0.364. The van der Waals surface area contributed by atoms with Crippen molar-refractivity contribution in [2.24, 2.45) is 0 Å². The summed E-state index contributed by atoms with van der Waals surface area (Å²) >= 11 is 12.7. The molecule has 2 heterocycles. The molecule has 0 amide bonds. The van der Waals surface area contributed by atoms with Crippen molar-refractivity contribution in [3.63, 3.8) is 0 Å². The van der Waals surface area contributed by atoms with Gasteiger partial charge in [0.2, 0.25) is 0 Å². The summed E-state index contributed by atoms with van der Waals surface area (Å²) in [7, 11) is 0. The number of hydrogen-bond acceptors (Lipinski definition) is 4. The number of nitrogens with one attached hydrogen (secondary N) is 1. The number of aromatic nitrogens is 1. The highest BCUT2D eigenvalue weighted by Crippen LogP contribution is 2.32. The lowest BCUT2D eigenvalue weighted by Gasteiger charge is -2.09. The molecule has 2 aromatic heterocycles. The fourth-order valence-electron chi connectivity index (χ4n) is 1.39. The Bertz CT molecular complexity index is 490. The quantitative estimate of drug-likeness (QED) is 0.857. The second kappa shape index (κ2) is 5.80. The Morgan fingerprint density at radius 1 is 1.53 bits per heavy atom. The molecular formula is C11H12BrClN2S2.